The number of hydrogen-bond acceptors (Lipinski definition) is 4. The molecule has 0 aliphatic carbocycles. The Balaban J connectivity index is 1.84. The first-order valence-electron chi connectivity index (χ1n) is 9.57. The summed E-state index contributed by atoms with van der Waals surface area (Å²) < 4.78 is 29.6. The highest BCUT2D eigenvalue weighted by atomic mass is 19.1. The maximum Gasteiger partial charge on any atom is 0.365 e. The average Bonchev–Trinajstić information content (AvgIpc) is 3.26. The van der Waals surface area contributed by atoms with Gasteiger partial charge in [-0.25, -0.2) is 13.6 Å². The van der Waals surface area contributed by atoms with Crippen LogP contribution in [0, 0.1) is 5.82 Å². The molecule has 0 amide bonds. The second-order valence-electron chi connectivity index (χ2n) is 7.00. The predicted octanol–water partition coefficient (Wildman–Crippen LogP) is 2.50. The molecule has 1 fully saturated rings. The van der Waals surface area contributed by atoms with Crippen LogP contribution in [0.1, 0.15) is 18.4 Å². The smallest absolute Gasteiger partial charge is 0.365 e. The zero-order valence-electron chi connectivity index (χ0n) is 15.8. The third-order valence-corrected chi connectivity index (χ3v) is 5.13. The van der Waals surface area contributed by atoms with Gasteiger partial charge in [0.2, 0.25) is 0 Å². The van der Waals surface area contributed by atoms with Crippen molar-refractivity contribution in [2.45, 2.75) is 26.0 Å². The normalized spacial score (nSPS) is 13.9. The molecule has 1 aliphatic heterocycles. The number of benzene rings is 2. The van der Waals surface area contributed by atoms with Crippen LogP contribution in [0.4, 0.5) is 14.5 Å². The number of alkyl halides is 1. The lowest BCUT2D eigenvalue weighted by Crippen LogP contribution is -2.44. The van der Waals surface area contributed by atoms with Crippen molar-refractivity contribution in [3.8, 4) is 0 Å². The maximum absolute atomic E-state index is 14.8. The van der Waals surface area contributed by atoms with E-state index in [9.17, 15) is 18.4 Å². The van der Waals surface area contributed by atoms with Crippen LogP contribution >= 0.6 is 0 Å². The third kappa shape index (κ3) is 3.62. The highest BCUT2D eigenvalue weighted by Gasteiger charge is 2.21. The van der Waals surface area contributed by atoms with E-state index in [1.165, 1.54) is 6.07 Å². The fraction of sp³-hybridized carbons (Fsp3) is 0.333. The molecule has 2 heterocycles. The molecule has 1 saturated heterocycles. The van der Waals surface area contributed by atoms with Crippen molar-refractivity contribution in [3.63, 3.8) is 0 Å². The Kier molecular flexibility index (Phi) is 5.33. The van der Waals surface area contributed by atoms with Crippen LogP contribution in [-0.2, 0) is 13.2 Å². The van der Waals surface area contributed by atoms with E-state index in [0.29, 0.717) is 23.5 Å². The molecule has 0 saturated carbocycles. The lowest BCUT2D eigenvalue weighted by Gasteiger charge is -2.20. The number of aromatic nitrogens is 2. The summed E-state index contributed by atoms with van der Waals surface area (Å²) in [5, 5.41) is -0.0217. The van der Waals surface area contributed by atoms with Crippen LogP contribution in [0.2, 0.25) is 0 Å². The van der Waals surface area contributed by atoms with Gasteiger partial charge in [0.05, 0.1) is 23.1 Å². The van der Waals surface area contributed by atoms with E-state index in [0.717, 1.165) is 29.0 Å². The minimum atomic E-state index is -0.803. The zero-order chi connectivity index (χ0) is 20.4. The van der Waals surface area contributed by atoms with Crippen molar-refractivity contribution in [2.75, 3.05) is 24.7 Å². The molecule has 2 aromatic carbocycles. The highest BCUT2D eigenvalue weighted by Crippen LogP contribution is 2.27. The molecule has 29 heavy (non-hydrogen) atoms. The Bertz CT molecular complexity index is 1140. The standard InChI is InChI=1S/C21H21F2N3O3/c22-8-11-25-18-13-19(24-9-4-5-10-24)17(23)12-16(18)20(27)26(21(25)28)29-14-15-6-2-1-3-7-15/h1-3,6-7,12-13H,4-5,8-11,14H2. The van der Waals surface area contributed by atoms with Crippen LogP contribution in [0.15, 0.2) is 52.1 Å². The van der Waals surface area contributed by atoms with E-state index in [-0.39, 0.29) is 24.1 Å². The molecule has 3 aromatic rings. The molecule has 0 unspecified atom stereocenters. The molecule has 0 atom stereocenters. The summed E-state index contributed by atoms with van der Waals surface area (Å²) in [7, 11) is 0. The van der Waals surface area contributed by atoms with E-state index < -0.39 is 23.7 Å². The summed E-state index contributed by atoms with van der Waals surface area (Å²) in [6.07, 6.45) is 1.90. The monoisotopic (exact) mass is 401 g/mol. The van der Waals surface area contributed by atoms with Gasteiger partial charge in [0, 0.05) is 13.1 Å². The third-order valence-electron chi connectivity index (χ3n) is 5.13. The van der Waals surface area contributed by atoms with Crippen LogP contribution in [0.25, 0.3) is 10.9 Å². The summed E-state index contributed by atoms with van der Waals surface area (Å²) in [6.45, 7) is 0.323. The molecule has 1 aromatic heterocycles. The molecule has 4 rings (SSSR count). The van der Waals surface area contributed by atoms with Crippen molar-refractivity contribution in [2.24, 2.45) is 0 Å². The van der Waals surface area contributed by atoms with Gasteiger partial charge in [0.25, 0.3) is 5.56 Å². The summed E-state index contributed by atoms with van der Waals surface area (Å²) >= 11 is 0. The summed E-state index contributed by atoms with van der Waals surface area (Å²) in [5.74, 6) is -0.545. The molecule has 152 valence electrons. The molecular weight excluding hydrogens is 380 g/mol. The van der Waals surface area contributed by atoms with Crippen LogP contribution in [0.3, 0.4) is 0 Å². The van der Waals surface area contributed by atoms with Crippen LogP contribution < -0.4 is 21.0 Å². The summed E-state index contributed by atoms with van der Waals surface area (Å²) in [5.41, 5.74) is -0.255. The number of aryl methyl sites for hydroxylation is 1. The lowest BCUT2D eigenvalue weighted by molar-refractivity contribution is 0.0770. The number of hydrogen-bond donors (Lipinski definition) is 0. The average molecular weight is 401 g/mol. The van der Waals surface area contributed by atoms with Gasteiger partial charge in [-0.05, 0) is 30.5 Å². The van der Waals surface area contributed by atoms with E-state index in [4.69, 9.17) is 4.84 Å². The van der Waals surface area contributed by atoms with Gasteiger partial charge in [0.15, 0.2) is 0 Å². The van der Waals surface area contributed by atoms with Gasteiger partial charge in [-0.2, -0.15) is 0 Å². The van der Waals surface area contributed by atoms with Crippen LogP contribution in [-0.4, -0.2) is 29.1 Å². The Morgan fingerprint density at radius 1 is 1.03 bits per heavy atom. The Labute approximate surface area is 165 Å². The first-order valence-corrected chi connectivity index (χ1v) is 9.57. The number of halogens is 2. The Morgan fingerprint density at radius 2 is 1.76 bits per heavy atom. The van der Waals surface area contributed by atoms with Gasteiger partial charge < -0.3 is 9.74 Å². The summed E-state index contributed by atoms with van der Waals surface area (Å²) in [4.78, 5) is 33.0. The molecule has 0 bridgehead atoms. The van der Waals surface area contributed by atoms with Crippen molar-refractivity contribution in [1.29, 1.82) is 0 Å². The minimum absolute atomic E-state index is 0.0217. The van der Waals surface area contributed by atoms with E-state index >= 15 is 0 Å². The van der Waals surface area contributed by atoms with Gasteiger partial charge >= 0.3 is 5.69 Å². The fourth-order valence-electron chi connectivity index (χ4n) is 3.68. The highest BCUT2D eigenvalue weighted by molar-refractivity contribution is 5.82. The molecule has 1 aliphatic rings. The van der Waals surface area contributed by atoms with Gasteiger partial charge in [0.1, 0.15) is 19.1 Å². The van der Waals surface area contributed by atoms with Gasteiger partial charge in [-0.15, -0.1) is 0 Å². The Morgan fingerprint density at radius 3 is 2.45 bits per heavy atom. The second-order valence-corrected chi connectivity index (χ2v) is 7.00. The van der Waals surface area contributed by atoms with Gasteiger partial charge in [-0.3, -0.25) is 9.36 Å². The largest absolute Gasteiger partial charge is 0.401 e. The first-order chi connectivity index (χ1) is 14.1. The van der Waals surface area contributed by atoms with Crippen molar-refractivity contribution in [3.05, 3.63) is 74.7 Å². The zero-order valence-corrected chi connectivity index (χ0v) is 15.8. The minimum Gasteiger partial charge on any atom is -0.401 e. The quantitative estimate of drug-likeness (QED) is 0.637. The maximum atomic E-state index is 14.8. The van der Waals surface area contributed by atoms with Gasteiger partial charge in [-0.1, -0.05) is 35.1 Å². The summed E-state index contributed by atoms with van der Waals surface area (Å²) in [6, 6.07) is 11.6. The van der Waals surface area contributed by atoms with E-state index in [2.05, 4.69) is 0 Å². The number of nitrogens with zero attached hydrogens (tertiary/aromatic N) is 3. The molecular formula is C21H21F2N3O3. The molecule has 0 spiro atoms. The number of rotatable bonds is 6. The molecule has 6 nitrogen and oxygen atoms in total. The van der Waals surface area contributed by atoms with E-state index in [1.54, 1.807) is 24.3 Å². The first kappa shape index (κ1) is 19.2. The number of anilines is 1. The number of fused-ring (bicyclic) bond motifs is 1. The van der Waals surface area contributed by atoms with Crippen LogP contribution in [0.5, 0.6) is 0 Å². The van der Waals surface area contributed by atoms with Crippen molar-refractivity contribution in [1.82, 2.24) is 9.30 Å². The molecule has 0 radical (unpaired) electrons. The topological polar surface area (TPSA) is 56.5 Å². The molecule has 0 N–H and O–H groups in total. The lowest BCUT2D eigenvalue weighted by atomic mass is 10.2. The Hall–Kier alpha value is -3.16. The molecule has 8 heteroatoms. The predicted molar refractivity (Wildman–Crippen MR) is 107 cm³/mol. The fourth-order valence-corrected chi connectivity index (χ4v) is 3.68. The second kappa shape index (κ2) is 8.06. The van der Waals surface area contributed by atoms with Crippen molar-refractivity contribution >= 4 is 16.6 Å². The van der Waals surface area contributed by atoms with E-state index in [1.807, 2.05) is 11.0 Å². The van der Waals surface area contributed by atoms with Crippen molar-refractivity contribution < 1.29 is 13.6 Å². The SMILES string of the molecule is O=c1c2cc(F)c(N3CCCC3)cc2n(CCF)c(=O)n1OCc1ccccc1.